The summed E-state index contributed by atoms with van der Waals surface area (Å²) in [5.74, 6) is 0.502. The van der Waals surface area contributed by atoms with Gasteiger partial charge in [0.15, 0.2) is 19.9 Å². The maximum absolute atomic E-state index is 14.0. The van der Waals surface area contributed by atoms with Crippen molar-refractivity contribution in [3.63, 3.8) is 0 Å². The third-order valence-electron chi connectivity index (χ3n) is 11.4. The maximum atomic E-state index is 14.0. The molecule has 1 aromatic rings. The SMILES string of the molecule is CCC(=O)[C@@]1(O[Si](C)(C)C)CC[C@H]2[C@@H]3CC[C@@]4(O)CC5(CCC4=C3[C@@H](c3ccc(N(C)C)cc3)C[C@@]21C)OCCO5. The van der Waals surface area contributed by atoms with E-state index in [2.05, 4.69) is 69.8 Å². The van der Waals surface area contributed by atoms with Gasteiger partial charge < -0.3 is 23.9 Å². The van der Waals surface area contributed by atoms with Gasteiger partial charge in [-0.25, -0.2) is 0 Å². The van der Waals surface area contributed by atoms with Crippen LogP contribution in [0.15, 0.2) is 35.4 Å². The summed E-state index contributed by atoms with van der Waals surface area (Å²) in [6, 6.07) is 9.00. The zero-order valence-corrected chi connectivity index (χ0v) is 27.3. The van der Waals surface area contributed by atoms with Crippen LogP contribution in [-0.4, -0.2) is 63.5 Å². The maximum Gasteiger partial charge on any atom is 0.185 e. The number of rotatable bonds is 6. The van der Waals surface area contributed by atoms with E-state index in [9.17, 15) is 9.90 Å². The highest BCUT2D eigenvalue weighted by atomic mass is 28.4. The molecule has 3 saturated carbocycles. The van der Waals surface area contributed by atoms with E-state index < -0.39 is 25.3 Å². The molecule has 0 aromatic heterocycles. The number of carbonyl (C=O) groups is 1. The van der Waals surface area contributed by atoms with Gasteiger partial charge in [-0.2, -0.15) is 0 Å². The summed E-state index contributed by atoms with van der Waals surface area (Å²) >= 11 is 0. The van der Waals surface area contributed by atoms with Crippen LogP contribution in [-0.2, 0) is 18.7 Å². The van der Waals surface area contributed by atoms with Gasteiger partial charge in [0.1, 0.15) is 5.60 Å². The summed E-state index contributed by atoms with van der Waals surface area (Å²) in [7, 11) is 2.12. The first-order valence-electron chi connectivity index (χ1n) is 16.0. The highest BCUT2D eigenvalue weighted by Crippen LogP contribution is 2.69. The molecule has 0 radical (unpaired) electrons. The molecule has 7 heteroatoms. The molecule has 1 saturated heterocycles. The Kier molecular flexibility index (Phi) is 7.22. The largest absolute Gasteiger partial charge is 0.405 e. The highest BCUT2D eigenvalue weighted by Gasteiger charge is 2.68. The zero-order chi connectivity index (χ0) is 29.4. The highest BCUT2D eigenvalue weighted by molar-refractivity contribution is 6.70. The molecule has 5 aliphatic rings. The van der Waals surface area contributed by atoms with Crippen molar-refractivity contribution >= 4 is 19.8 Å². The molecule has 4 aliphatic carbocycles. The number of nitrogens with zero attached hydrogens (tertiary/aromatic N) is 1. The Hall–Kier alpha value is -1.51. The van der Waals surface area contributed by atoms with Gasteiger partial charge in [0, 0.05) is 50.4 Å². The van der Waals surface area contributed by atoms with E-state index >= 15 is 0 Å². The minimum atomic E-state index is -2.03. The number of benzene rings is 1. The Bertz CT molecular complexity index is 1210. The Balaban J connectivity index is 1.50. The first-order valence-corrected chi connectivity index (χ1v) is 19.4. The molecule has 226 valence electrons. The van der Waals surface area contributed by atoms with E-state index in [1.807, 2.05) is 6.92 Å². The van der Waals surface area contributed by atoms with Crippen LogP contribution in [0, 0.1) is 17.3 Å². The van der Waals surface area contributed by atoms with Crippen molar-refractivity contribution in [2.45, 2.75) is 114 Å². The molecule has 0 amide bonds. The van der Waals surface area contributed by atoms with Gasteiger partial charge in [-0.05, 0) is 93.3 Å². The molecule has 1 aromatic carbocycles. The molecule has 0 unspecified atom stereocenters. The summed E-state index contributed by atoms with van der Waals surface area (Å²) in [6.07, 6.45) is 6.99. The summed E-state index contributed by atoms with van der Waals surface area (Å²) < 4.78 is 19.3. The minimum Gasteiger partial charge on any atom is -0.405 e. The number of ketones is 1. The van der Waals surface area contributed by atoms with Crippen molar-refractivity contribution in [3.05, 3.63) is 41.0 Å². The summed E-state index contributed by atoms with van der Waals surface area (Å²) in [5, 5.41) is 12.3. The molecule has 6 rings (SSSR count). The van der Waals surface area contributed by atoms with Gasteiger partial charge in [0.2, 0.25) is 0 Å². The third kappa shape index (κ3) is 4.60. The van der Waals surface area contributed by atoms with Gasteiger partial charge in [0.25, 0.3) is 0 Å². The van der Waals surface area contributed by atoms with Gasteiger partial charge in [-0.1, -0.05) is 31.6 Å². The lowest BCUT2D eigenvalue weighted by molar-refractivity contribution is -0.208. The Morgan fingerprint density at radius 1 is 1.07 bits per heavy atom. The van der Waals surface area contributed by atoms with Crippen molar-refractivity contribution in [3.8, 4) is 0 Å². The Morgan fingerprint density at radius 2 is 1.76 bits per heavy atom. The standard InChI is InChI=1S/C34H51NO5Si/c1-8-29(36)34(40-41(5,6)7)18-15-27-25-13-16-32(37)22-33(38-19-20-39-33)17-14-28(32)30(25)26(21-31(27,34)2)23-9-11-24(12-10-23)35(3)4/h9-12,25-27,37H,8,13-22H2,1-7H3/t25-,26+,27-,31-,32+,34-/m0/s1. The molecular weight excluding hydrogens is 530 g/mol. The van der Waals surface area contributed by atoms with Crippen molar-refractivity contribution in [2.75, 3.05) is 32.2 Å². The van der Waals surface area contributed by atoms with E-state index in [-0.39, 0.29) is 17.1 Å². The number of carbonyl (C=O) groups excluding carboxylic acids is 1. The van der Waals surface area contributed by atoms with Gasteiger partial charge in [0.05, 0.1) is 18.8 Å². The topological polar surface area (TPSA) is 68.2 Å². The average Bonchev–Trinajstić information content (AvgIpc) is 3.48. The van der Waals surface area contributed by atoms with Crippen LogP contribution in [0.2, 0.25) is 19.6 Å². The Morgan fingerprint density at radius 3 is 2.37 bits per heavy atom. The number of hydrogen-bond donors (Lipinski definition) is 1. The lowest BCUT2D eigenvalue weighted by atomic mass is 9.49. The first kappa shape index (κ1) is 29.6. The Labute approximate surface area is 247 Å². The van der Waals surface area contributed by atoms with Crippen LogP contribution in [0.5, 0.6) is 0 Å². The van der Waals surface area contributed by atoms with Crippen LogP contribution < -0.4 is 4.90 Å². The number of hydrogen-bond acceptors (Lipinski definition) is 6. The number of Topliss-reactive ketones (excluding diaryl/α,β-unsaturated/α-hetero) is 1. The molecule has 1 aliphatic heterocycles. The number of aliphatic hydroxyl groups is 1. The number of fused-ring (bicyclic) bond motifs is 4. The van der Waals surface area contributed by atoms with Gasteiger partial charge in [-0.3, -0.25) is 4.79 Å². The monoisotopic (exact) mass is 581 g/mol. The average molecular weight is 582 g/mol. The van der Waals surface area contributed by atoms with E-state index in [0.717, 1.165) is 44.9 Å². The predicted octanol–water partition coefficient (Wildman–Crippen LogP) is 6.59. The quantitative estimate of drug-likeness (QED) is 0.302. The first-order chi connectivity index (χ1) is 19.3. The van der Waals surface area contributed by atoms with E-state index in [1.165, 1.54) is 22.4 Å². The van der Waals surface area contributed by atoms with Crippen molar-refractivity contribution in [1.82, 2.24) is 0 Å². The van der Waals surface area contributed by atoms with E-state index in [1.54, 1.807) is 0 Å². The number of allylic oxidation sites excluding steroid dienone is 1. The molecular formula is C34H51NO5Si. The molecule has 4 fully saturated rings. The van der Waals surface area contributed by atoms with Crippen molar-refractivity contribution < 1.29 is 23.8 Å². The van der Waals surface area contributed by atoms with E-state index in [0.29, 0.717) is 37.9 Å². The normalized spacial score (nSPS) is 38.0. The third-order valence-corrected chi connectivity index (χ3v) is 12.4. The molecule has 1 heterocycles. The lowest BCUT2D eigenvalue weighted by Gasteiger charge is -2.58. The fourth-order valence-electron chi connectivity index (χ4n) is 9.80. The molecule has 1 spiro atoms. The van der Waals surface area contributed by atoms with E-state index in [4.69, 9.17) is 13.9 Å². The van der Waals surface area contributed by atoms with Crippen LogP contribution in [0.3, 0.4) is 0 Å². The van der Waals surface area contributed by atoms with Crippen molar-refractivity contribution in [2.24, 2.45) is 17.3 Å². The molecule has 6 atom stereocenters. The van der Waals surface area contributed by atoms with Gasteiger partial charge >= 0.3 is 0 Å². The number of anilines is 1. The van der Waals surface area contributed by atoms with Crippen LogP contribution in [0.1, 0.15) is 83.1 Å². The molecule has 6 nitrogen and oxygen atoms in total. The fraction of sp³-hybridized carbons (Fsp3) is 0.735. The second-order valence-corrected chi connectivity index (χ2v) is 19.4. The molecule has 41 heavy (non-hydrogen) atoms. The number of ether oxygens (including phenoxy) is 2. The molecule has 0 bridgehead atoms. The van der Waals surface area contributed by atoms with Gasteiger partial charge in [-0.15, -0.1) is 0 Å². The lowest BCUT2D eigenvalue weighted by Crippen LogP contribution is -2.61. The minimum absolute atomic E-state index is 0.145. The fourth-order valence-corrected chi connectivity index (χ4v) is 11.3. The van der Waals surface area contributed by atoms with Crippen molar-refractivity contribution in [1.29, 1.82) is 0 Å². The summed E-state index contributed by atoms with van der Waals surface area (Å²) in [4.78, 5) is 16.2. The molecule has 1 N–H and O–H groups in total. The van der Waals surface area contributed by atoms with Crippen LogP contribution in [0.4, 0.5) is 5.69 Å². The second kappa shape index (κ2) is 10.0. The second-order valence-electron chi connectivity index (χ2n) is 15.0. The summed E-state index contributed by atoms with van der Waals surface area (Å²) in [5.41, 5.74) is 3.28. The smallest absolute Gasteiger partial charge is 0.185 e. The zero-order valence-electron chi connectivity index (χ0n) is 26.3. The predicted molar refractivity (Wildman–Crippen MR) is 165 cm³/mol. The summed E-state index contributed by atoms with van der Waals surface area (Å²) in [6.45, 7) is 12.3. The van der Waals surface area contributed by atoms with Crippen LogP contribution in [0.25, 0.3) is 0 Å². The van der Waals surface area contributed by atoms with Crippen LogP contribution >= 0.6 is 0 Å².